The Morgan fingerprint density at radius 2 is 2.00 bits per heavy atom. The molecule has 10 nitrogen and oxygen atoms in total. The summed E-state index contributed by atoms with van der Waals surface area (Å²) in [5.74, 6) is 0.565. The maximum absolute atomic E-state index is 15.3. The zero-order chi connectivity index (χ0) is 27.4. The van der Waals surface area contributed by atoms with E-state index in [4.69, 9.17) is 9.47 Å². The Morgan fingerprint density at radius 3 is 2.68 bits per heavy atom. The van der Waals surface area contributed by atoms with Crippen LogP contribution < -0.4 is 24.2 Å². The van der Waals surface area contributed by atoms with E-state index in [0.717, 1.165) is 12.1 Å². The van der Waals surface area contributed by atoms with Crippen LogP contribution in [0.25, 0.3) is 5.57 Å². The van der Waals surface area contributed by atoms with Gasteiger partial charge in [-0.15, -0.1) is 0 Å². The molecule has 1 unspecified atom stereocenters. The summed E-state index contributed by atoms with van der Waals surface area (Å²) in [5.41, 5.74) is 1.95. The van der Waals surface area contributed by atoms with E-state index < -0.39 is 28.4 Å². The van der Waals surface area contributed by atoms with Gasteiger partial charge in [-0.25, -0.2) is 13.9 Å². The summed E-state index contributed by atoms with van der Waals surface area (Å²) in [6.45, 7) is 1.56. The fraction of sp³-hybridized carbons (Fsp3) is 0.423. The average Bonchev–Trinajstić information content (AvgIpc) is 3.69. The Balaban J connectivity index is 1.66. The number of amides is 1. The van der Waals surface area contributed by atoms with Crippen molar-refractivity contribution in [3.05, 3.63) is 58.9 Å². The third-order valence-corrected chi connectivity index (χ3v) is 7.45. The number of ether oxygens (including phenoxy) is 2. The van der Waals surface area contributed by atoms with E-state index in [1.165, 1.54) is 36.9 Å². The number of hydrogen-bond donors (Lipinski definition) is 4. The van der Waals surface area contributed by atoms with Gasteiger partial charge in [0.15, 0.2) is 5.82 Å². The van der Waals surface area contributed by atoms with Gasteiger partial charge >= 0.3 is 6.09 Å². The van der Waals surface area contributed by atoms with Crippen molar-refractivity contribution in [3.8, 4) is 11.5 Å². The quantitative estimate of drug-likeness (QED) is 0.318. The van der Waals surface area contributed by atoms with Crippen molar-refractivity contribution in [2.75, 3.05) is 39.0 Å². The zero-order valence-corrected chi connectivity index (χ0v) is 22.4. The van der Waals surface area contributed by atoms with Gasteiger partial charge in [-0.2, -0.15) is 8.42 Å². The average molecular weight is 549 g/mol. The van der Waals surface area contributed by atoms with Gasteiger partial charge in [-0.1, -0.05) is 12.1 Å². The van der Waals surface area contributed by atoms with Gasteiger partial charge in [0, 0.05) is 44.8 Å². The molecule has 1 aliphatic heterocycles. The van der Waals surface area contributed by atoms with E-state index in [1.54, 1.807) is 38.4 Å². The lowest BCUT2D eigenvalue weighted by molar-refractivity contribution is 0.0101. The number of aliphatic hydroxyl groups excluding tert-OH is 1. The van der Waals surface area contributed by atoms with Crippen molar-refractivity contribution >= 4 is 27.6 Å². The van der Waals surface area contributed by atoms with E-state index >= 15 is 4.39 Å². The number of carbonyl (C=O) groups excluding carboxylic acids is 1. The normalized spacial score (nSPS) is 17.0. The molecule has 1 fully saturated rings. The molecular formula is C26H33FN4O6S. The monoisotopic (exact) mass is 548 g/mol. The first kappa shape index (κ1) is 27.8. The maximum atomic E-state index is 15.3. The standard InChI is InChI=1S/C26H33FN4O6S/c1-28-38(34,35)30-22-6-4-5-17(24(22)27)13-21-19(11-12-29-15-16-7-8-16)20-10-9-18(36-26(33)31(2)3)14-23(20)37-25(21)32/h4-6,9-10,14,16,25,28-30,32H,7-8,11-13,15H2,1-3H3. The van der Waals surface area contributed by atoms with Crippen molar-refractivity contribution in [1.82, 2.24) is 14.9 Å². The van der Waals surface area contributed by atoms with Crippen LogP contribution in [0.15, 0.2) is 42.0 Å². The molecule has 4 rings (SSSR count). The first-order valence-electron chi connectivity index (χ1n) is 12.4. The van der Waals surface area contributed by atoms with E-state index in [9.17, 15) is 18.3 Å². The van der Waals surface area contributed by atoms with Crippen LogP contribution in [0, 0.1) is 11.7 Å². The van der Waals surface area contributed by atoms with Crippen LogP contribution in [0.4, 0.5) is 14.9 Å². The van der Waals surface area contributed by atoms with Crippen LogP contribution >= 0.6 is 0 Å². The van der Waals surface area contributed by atoms with Gasteiger partial charge < -0.3 is 24.8 Å². The van der Waals surface area contributed by atoms with Gasteiger partial charge in [0.1, 0.15) is 11.5 Å². The van der Waals surface area contributed by atoms with Gasteiger partial charge in [0.05, 0.1) is 5.69 Å². The van der Waals surface area contributed by atoms with E-state index in [-0.39, 0.29) is 23.4 Å². The molecule has 2 aromatic carbocycles. The number of hydrogen-bond acceptors (Lipinski definition) is 7. The number of anilines is 1. The molecule has 0 saturated heterocycles. The van der Waals surface area contributed by atoms with Crippen molar-refractivity contribution in [3.63, 3.8) is 0 Å². The molecule has 1 heterocycles. The molecular weight excluding hydrogens is 515 g/mol. The van der Waals surface area contributed by atoms with Crippen LogP contribution in [0.2, 0.25) is 0 Å². The predicted molar refractivity (Wildman–Crippen MR) is 142 cm³/mol. The summed E-state index contributed by atoms with van der Waals surface area (Å²) < 4.78 is 54.5. The molecule has 0 aromatic heterocycles. The number of aliphatic hydroxyl groups is 1. The van der Waals surface area contributed by atoms with Crippen LogP contribution in [-0.4, -0.2) is 65.0 Å². The molecule has 12 heteroatoms. The molecule has 1 amide bonds. The number of carbonyl (C=O) groups is 1. The number of benzene rings is 2. The Bertz CT molecular complexity index is 1330. The van der Waals surface area contributed by atoms with Crippen LogP contribution in [-0.2, 0) is 16.6 Å². The summed E-state index contributed by atoms with van der Waals surface area (Å²) in [4.78, 5) is 13.3. The summed E-state index contributed by atoms with van der Waals surface area (Å²) in [6.07, 6.45) is 1.05. The van der Waals surface area contributed by atoms with Crippen molar-refractivity contribution in [1.29, 1.82) is 0 Å². The third-order valence-electron chi connectivity index (χ3n) is 6.43. The molecule has 2 aromatic rings. The molecule has 0 spiro atoms. The first-order valence-corrected chi connectivity index (χ1v) is 13.9. The fourth-order valence-electron chi connectivity index (χ4n) is 4.15. The summed E-state index contributed by atoms with van der Waals surface area (Å²) in [6, 6.07) is 9.34. The summed E-state index contributed by atoms with van der Waals surface area (Å²) in [7, 11) is 0.446. The molecule has 1 aliphatic carbocycles. The van der Waals surface area contributed by atoms with Gasteiger partial charge in [-0.05, 0) is 67.6 Å². The van der Waals surface area contributed by atoms with Gasteiger partial charge in [0.25, 0.3) is 10.2 Å². The lowest BCUT2D eigenvalue weighted by atomic mass is 9.89. The van der Waals surface area contributed by atoms with E-state index in [0.29, 0.717) is 35.8 Å². The zero-order valence-electron chi connectivity index (χ0n) is 21.6. The Morgan fingerprint density at radius 1 is 1.24 bits per heavy atom. The minimum atomic E-state index is -3.91. The number of nitrogens with one attached hydrogen (secondary N) is 3. The fourth-order valence-corrected chi connectivity index (χ4v) is 4.69. The van der Waals surface area contributed by atoms with Crippen LogP contribution in [0.3, 0.4) is 0 Å². The topological polar surface area (TPSA) is 129 Å². The molecule has 1 atom stereocenters. The van der Waals surface area contributed by atoms with E-state index in [2.05, 4.69) is 14.8 Å². The highest BCUT2D eigenvalue weighted by atomic mass is 32.2. The van der Waals surface area contributed by atoms with Crippen molar-refractivity contribution in [2.45, 2.75) is 32.0 Å². The molecule has 4 N–H and O–H groups in total. The Hall–Kier alpha value is -3.19. The molecule has 0 bridgehead atoms. The summed E-state index contributed by atoms with van der Waals surface area (Å²) in [5, 5.41) is 14.4. The minimum absolute atomic E-state index is 0.00309. The second kappa shape index (κ2) is 11.7. The van der Waals surface area contributed by atoms with Crippen LogP contribution in [0.5, 0.6) is 11.5 Å². The van der Waals surface area contributed by atoms with E-state index in [1.807, 2.05) is 0 Å². The van der Waals surface area contributed by atoms with Crippen molar-refractivity contribution < 1.29 is 32.2 Å². The second-order valence-corrected chi connectivity index (χ2v) is 11.2. The van der Waals surface area contributed by atoms with Crippen molar-refractivity contribution in [2.24, 2.45) is 5.92 Å². The Labute approximate surface area is 222 Å². The molecule has 0 radical (unpaired) electrons. The largest absolute Gasteiger partial charge is 0.460 e. The number of halogens is 1. The number of rotatable bonds is 11. The highest BCUT2D eigenvalue weighted by Gasteiger charge is 2.29. The highest BCUT2D eigenvalue weighted by Crippen LogP contribution is 2.41. The second-order valence-electron chi connectivity index (χ2n) is 9.56. The highest BCUT2D eigenvalue weighted by molar-refractivity contribution is 7.90. The molecule has 2 aliphatic rings. The first-order chi connectivity index (χ1) is 18.1. The molecule has 1 saturated carbocycles. The third kappa shape index (κ3) is 6.81. The number of nitrogens with zero attached hydrogens (tertiary/aromatic N) is 1. The predicted octanol–water partition coefficient (Wildman–Crippen LogP) is 2.86. The lowest BCUT2D eigenvalue weighted by Crippen LogP contribution is -2.28. The summed E-state index contributed by atoms with van der Waals surface area (Å²) >= 11 is 0. The Kier molecular flexibility index (Phi) is 8.56. The molecule has 206 valence electrons. The smallest absolute Gasteiger partial charge is 0.414 e. The minimum Gasteiger partial charge on any atom is -0.460 e. The maximum Gasteiger partial charge on any atom is 0.414 e. The molecule has 38 heavy (non-hydrogen) atoms. The lowest BCUT2D eigenvalue weighted by Gasteiger charge is -2.29. The van der Waals surface area contributed by atoms with Crippen LogP contribution in [0.1, 0.15) is 30.4 Å². The van der Waals surface area contributed by atoms with Gasteiger partial charge in [-0.3, -0.25) is 4.72 Å². The number of fused-ring (bicyclic) bond motifs is 1. The van der Waals surface area contributed by atoms with Gasteiger partial charge in [0.2, 0.25) is 6.29 Å². The SMILES string of the molecule is CNS(=O)(=O)Nc1cccc(CC2=C(CCNCC3CC3)c3ccc(OC(=O)N(C)C)cc3OC2O)c1F.